The van der Waals surface area contributed by atoms with Crippen LogP contribution in [0.15, 0.2) is 18.2 Å². The van der Waals surface area contributed by atoms with Gasteiger partial charge in [0.1, 0.15) is 0 Å². The fraction of sp³-hybridized carbons (Fsp3) is 0.143. The molecule has 1 rings (SSSR count). The highest BCUT2D eigenvalue weighted by Gasteiger charge is 2.16. The summed E-state index contributed by atoms with van der Waals surface area (Å²) >= 11 is 0. The van der Waals surface area contributed by atoms with E-state index in [0.29, 0.717) is 0 Å². The number of phenolic OH excluding ortho intramolecular Hbond substituents is 1. The maximum atomic E-state index is 10.7. The molecular formula is C7H6ClNO5S. The van der Waals surface area contributed by atoms with Gasteiger partial charge in [0, 0.05) is 16.7 Å². The lowest BCUT2D eigenvalue weighted by atomic mass is 10.2. The number of hydrogen-bond donors (Lipinski definition) is 1. The first-order valence-corrected chi connectivity index (χ1v) is 6.16. The Morgan fingerprint density at radius 2 is 2.07 bits per heavy atom. The minimum Gasteiger partial charge on any atom is -0.502 e. The summed E-state index contributed by atoms with van der Waals surface area (Å²) < 4.78 is 21.4. The van der Waals surface area contributed by atoms with Gasteiger partial charge in [0.25, 0.3) is 0 Å². The molecule has 0 bridgehead atoms. The number of halogens is 1. The molecular weight excluding hydrogens is 246 g/mol. The number of rotatable bonds is 3. The number of nitro benzene ring substituents is 1. The van der Waals surface area contributed by atoms with Gasteiger partial charge in [-0.25, -0.2) is 8.42 Å². The second-order valence-corrected chi connectivity index (χ2v) is 5.54. The van der Waals surface area contributed by atoms with E-state index in [2.05, 4.69) is 0 Å². The molecule has 0 heterocycles. The molecule has 15 heavy (non-hydrogen) atoms. The Balaban J connectivity index is 3.14. The van der Waals surface area contributed by atoms with E-state index in [4.69, 9.17) is 15.8 Å². The van der Waals surface area contributed by atoms with Crippen molar-refractivity contribution in [2.75, 3.05) is 0 Å². The molecule has 0 spiro atoms. The molecule has 6 nitrogen and oxygen atoms in total. The van der Waals surface area contributed by atoms with Crippen molar-refractivity contribution in [3.63, 3.8) is 0 Å². The van der Waals surface area contributed by atoms with Crippen LogP contribution in [0.4, 0.5) is 5.69 Å². The molecule has 0 aromatic heterocycles. The van der Waals surface area contributed by atoms with Crippen LogP contribution in [-0.2, 0) is 14.8 Å². The molecule has 0 aliphatic heterocycles. The average molecular weight is 252 g/mol. The highest BCUT2D eigenvalue weighted by Crippen LogP contribution is 2.27. The predicted octanol–water partition coefficient (Wildman–Crippen LogP) is 1.37. The summed E-state index contributed by atoms with van der Waals surface area (Å²) in [6.45, 7) is 0. The third kappa shape index (κ3) is 3.37. The monoisotopic (exact) mass is 251 g/mol. The molecule has 0 saturated carbocycles. The Bertz CT molecular complexity index is 498. The number of hydrogen-bond acceptors (Lipinski definition) is 5. The Hall–Kier alpha value is -1.34. The van der Waals surface area contributed by atoms with E-state index < -0.39 is 31.2 Å². The Kier molecular flexibility index (Phi) is 3.15. The first kappa shape index (κ1) is 11.7. The van der Waals surface area contributed by atoms with E-state index in [1.165, 1.54) is 6.07 Å². The largest absolute Gasteiger partial charge is 0.502 e. The predicted molar refractivity (Wildman–Crippen MR) is 53.2 cm³/mol. The van der Waals surface area contributed by atoms with Crippen LogP contribution in [0.2, 0.25) is 0 Å². The van der Waals surface area contributed by atoms with Gasteiger partial charge in [-0.3, -0.25) is 10.1 Å². The summed E-state index contributed by atoms with van der Waals surface area (Å²) in [5.41, 5.74) is -0.401. The molecule has 1 aromatic carbocycles. The van der Waals surface area contributed by atoms with Gasteiger partial charge in [-0.05, 0) is 11.6 Å². The van der Waals surface area contributed by atoms with Gasteiger partial charge < -0.3 is 5.11 Å². The van der Waals surface area contributed by atoms with Crippen molar-refractivity contribution in [1.29, 1.82) is 0 Å². The van der Waals surface area contributed by atoms with E-state index in [9.17, 15) is 18.5 Å². The third-order valence-electron chi connectivity index (χ3n) is 1.58. The smallest absolute Gasteiger partial charge is 0.310 e. The van der Waals surface area contributed by atoms with Crippen LogP contribution >= 0.6 is 10.7 Å². The van der Waals surface area contributed by atoms with Crippen LogP contribution in [0.3, 0.4) is 0 Å². The van der Waals surface area contributed by atoms with Crippen LogP contribution in [0.1, 0.15) is 5.56 Å². The molecule has 0 aliphatic rings. The van der Waals surface area contributed by atoms with Crippen molar-refractivity contribution in [1.82, 2.24) is 0 Å². The van der Waals surface area contributed by atoms with Crippen molar-refractivity contribution in [2.24, 2.45) is 0 Å². The Morgan fingerprint density at radius 1 is 1.47 bits per heavy atom. The van der Waals surface area contributed by atoms with Crippen molar-refractivity contribution in [3.8, 4) is 5.75 Å². The maximum Gasteiger partial charge on any atom is 0.310 e. The van der Waals surface area contributed by atoms with E-state index in [1.54, 1.807) is 0 Å². The molecule has 82 valence electrons. The highest BCUT2D eigenvalue weighted by atomic mass is 35.7. The van der Waals surface area contributed by atoms with Gasteiger partial charge in [0.15, 0.2) is 5.75 Å². The fourth-order valence-electron chi connectivity index (χ4n) is 1.00. The molecule has 0 atom stereocenters. The zero-order chi connectivity index (χ0) is 11.6. The average Bonchev–Trinajstić information content (AvgIpc) is 2.05. The molecule has 1 N–H and O–H groups in total. The number of benzene rings is 1. The number of aromatic hydroxyl groups is 1. The quantitative estimate of drug-likeness (QED) is 0.497. The maximum absolute atomic E-state index is 10.7. The SMILES string of the molecule is O=[N+]([O-])c1cc(CS(=O)(=O)Cl)ccc1O. The Morgan fingerprint density at radius 3 is 2.53 bits per heavy atom. The van der Waals surface area contributed by atoms with Crippen LogP contribution in [-0.4, -0.2) is 18.4 Å². The molecule has 0 saturated heterocycles. The van der Waals surface area contributed by atoms with Gasteiger partial charge in [-0.15, -0.1) is 0 Å². The van der Waals surface area contributed by atoms with Gasteiger partial charge >= 0.3 is 5.69 Å². The van der Waals surface area contributed by atoms with Crippen LogP contribution in [0.5, 0.6) is 5.75 Å². The van der Waals surface area contributed by atoms with E-state index in [0.717, 1.165) is 12.1 Å². The molecule has 0 fully saturated rings. The van der Waals surface area contributed by atoms with E-state index in [-0.39, 0.29) is 5.56 Å². The molecule has 8 heteroatoms. The number of phenols is 1. The summed E-state index contributed by atoms with van der Waals surface area (Å²) in [6.07, 6.45) is 0. The lowest BCUT2D eigenvalue weighted by molar-refractivity contribution is -0.385. The summed E-state index contributed by atoms with van der Waals surface area (Å²) in [6, 6.07) is 3.27. The van der Waals surface area contributed by atoms with Crippen molar-refractivity contribution < 1.29 is 18.4 Å². The lowest BCUT2D eigenvalue weighted by Crippen LogP contribution is -1.96. The van der Waals surface area contributed by atoms with Gasteiger partial charge in [0.2, 0.25) is 9.05 Å². The van der Waals surface area contributed by atoms with Crippen LogP contribution < -0.4 is 0 Å². The highest BCUT2D eigenvalue weighted by molar-refractivity contribution is 8.13. The first-order chi connectivity index (χ1) is 6.79. The van der Waals surface area contributed by atoms with Crippen molar-refractivity contribution in [3.05, 3.63) is 33.9 Å². The van der Waals surface area contributed by atoms with Crippen LogP contribution in [0.25, 0.3) is 0 Å². The van der Waals surface area contributed by atoms with Crippen molar-refractivity contribution >= 4 is 25.4 Å². The molecule has 1 aromatic rings. The summed E-state index contributed by atoms with van der Waals surface area (Å²) in [4.78, 5) is 9.60. The van der Waals surface area contributed by atoms with Gasteiger partial charge in [-0.1, -0.05) is 6.07 Å². The zero-order valence-electron chi connectivity index (χ0n) is 7.25. The number of nitrogens with zero attached hydrogens (tertiary/aromatic N) is 1. The molecule has 0 amide bonds. The topological polar surface area (TPSA) is 97.5 Å². The summed E-state index contributed by atoms with van der Waals surface area (Å²) in [5, 5.41) is 19.5. The number of nitro groups is 1. The van der Waals surface area contributed by atoms with E-state index >= 15 is 0 Å². The second-order valence-electron chi connectivity index (χ2n) is 2.76. The third-order valence-corrected chi connectivity index (χ3v) is 2.58. The molecule has 0 aliphatic carbocycles. The van der Waals surface area contributed by atoms with Gasteiger partial charge in [-0.2, -0.15) is 0 Å². The van der Waals surface area contributed by atoms with Crippen LogP contribution in [0, 0.1) is 10.1 Å². The lowest BCUT2D eigenvalue weighted by Gasteiger charge is -1.99. The van der Waals surface area contributed by atoms with Crippen molar-refractivity contribution in [2.45, 2.75) is 5.75 Å². The minimum absolute atomic E-state index is 0.148. The normalized spacial score (nSPS) is 11.3. The minimum atomic E-state index is -3.76. The first-order valence-electron chi connectivity index (χ1n) is 3.68. The Labute approximate surface area is 89.7 Å². The zero-order valence-corrected chi connectivity index (χ0v) is 8.83. The van der Waals surface area contributed by atoms with E-state index in [1.807, 2.05) is 0 Å². The van der Waals surface area contributed by atoms with Gasteiger partial charge in [0.05, 0.1) is 10.7 Å². The fourth-order valence-corrected chi connectivity index (χ4v) is 1.96. The summed E-state index contributed by atoms with van der Waals surface area (Å²) in [7, 11) is 1.21. The standard InChI is InChI=1S/C7H6ClNO5S/c8-15(13,14)4-5-1-2-7(10)6(3-5)9(11)12/h1-3,10H,4H2. The molecule has 0 unspecified atom stereocenters. The molecule has 0 radical (unpaired) electrons. The second kappa shape index (κ2) is 4.03. The summed E-state index contributed by atoms with van der Waals surface area (Å²) in [5.74, 6) is -1.04.